The Bertz CT molecular complexity index is 1770. The standard InChI is InChI=1S/C34H29FN4O2S/c1-21-9-7-12-26(35)31(21)38-33(40)30-20-23-16-18-39(29-15-4-3-11-25(29)32(23)42-30)34(41)28-14-8-10-24(37-28)19-22(2)27-13-5-6-17-36-27/h3-15,17,20,22H,16,18-19H2,1-2H3,(H,38,40)/t22-/m1/s1. The molecule has 6 rings (SSSR count). The topological polar surface area (TPSA) is 75.2 Å². The zero-order valence-corrected chi connectivity index (χ0v) is 24.1. The van der Waals surface area contributed by atoms with Crippen molar-refractivity contribution in [1.82, 2.24) is 9.97 Å². The highest BCUT2D eigenvalue weighted by atomic mass is 32.1. The largest absolute Gasteiger partial charge is 0.319 e. The van der Waals surface area contributed by atoms with Gasteiger partial charge in [0.15, 0.2) is 0 Å². The summed E-state index contributed by atoms with van der Waals surface area (Å²) in [5, 5.41) is 2.74. The molecule has 0 saturated carbocycles. The summed E-state index contributed by atoms with van der Waals surface area (Å²) < 4.78 is 14.4. The molecule has 42 heavy (non-hydrogen) atoms. The molecule has 0 saturated heterocycles. The first-order chi connectivity index (χ1) is 20.4. The van der Waals surface area contributed by atoms with Crippen LogP contribution in [0.25, 0.3) is 10.4 Å². The lowest BCUT2D eigenvalue weighted by Gasteiger charge is -2.23. The lowest BCUT2D eigenvalue weighted by molar-refractivity contribution is 0.0981. The fourth-order valence-corrected chi connectivity index (χ4v) is 6.46. The number of fused-ring (bicyclic) bond motifs is 3. The molecule has 0 spiro atoms. The predicted octanol–water partition coefficient (Wildman–Crippen LogP) is 7.45. The van der Waals surface area contributed by atoms with E-state index in [4.69, 9.17) is 4.98 Å². The predicted molar refractivity (Wildman–Crippen MR) is 165 cm³/mol. The number of hydrogen-bond donors (Lipinski definition) is 1. The maximum atomic E-state index is 14.4. The first-order valence-corrected chi connectivity index (χ1v) is 14.7. The Morgan fingerprint density at radius 3 is 2.64 bits per heavy atom. The van der Waals surface area contributed by atoms with Gasteiger partial charge in [-0.3, -0.25) is 14.6 Å². The molecule has 0 fully saturated rings. The number of hydrogen-bond acceptors (Lipinski definition) is 5. The number of carbonyl (C=O) groups excluding carboxylic acids is 2. The highest BCUT2D eigenvalue weighted by Gasteiger charge is 2.28. The number of aromatic nitrogens is 2. The highest BCUT2D eigenvalue weighted by Crippen LogP contribution is 2.42. The van der Waals surface area contributed by atoms with Crippen LogP contribution in [0.5, 0.6) is 0 Å². The number of carbonyl (C=O) groups is 2. The van der Waals surface area contributed by atoms with E-state index in [-0.39, 0.29) is 23.4 Å². The minimum atomic E-state index is -0.468. The number of anilines is 2. The van der Waals surface area contributed by atoms with Crippen LogP contribution >= 0.6 is 11.3 Å². The molecule has 6 nitrogen and oxygen atoms in total. The molecule has 0 unspecified atom stereocenters. The summed E-state index contributed by atoms with van der Waals surface area (Å²) in [6.45, 7) is 4.30. The van der Waals surface area contributed by atoms with Crippen LogP contribution < -0.4 is 10.2 Å². The van der Waals surface area contributed by atoms with Gasteiger partial charge in [-0.2, -0.15) is 0 Å². The van der Waals surface area contributed by atoms with Crippen molar-refractivity contribution in [2.75, 3.05) is 16.8 Å². The van der Waals surface area contributed by atoms with Gasteiger partial charge in [0.25, 0.3) is 11.8 Å². The fraction of sp³-hybridized carbons (Fsp3) is 0.176. The molecule has 1 aliphatic rings. The number of benzene rings is 2. The number of thiophene rings is 1. The van der Waals surface area contributed by atoms with Gasteiger partial charge < -0.3 is 10.2 Å². The molecule has 1 aliphatic heterocycles. The summed E-state index contributed by atoms with van der Waals surface area (Å²) in [6.07, 6.45) is 3.02. The van der Waals surface area contributed by atoms with Crippen LogP contribution in [0.4, 0.5) is 15.8 Å². The molecule has 3 aromatic heterocycles. The lowest BCUT2D eigenvalue weighted by atomic mass is 10.0. The van der Waals surface area contributed by atoms with Crippen LogP contribution in [0.15, 0.2) is 91.1 Å². The monoisotopic (exact) mass is 576 g/mol. The molecule has 210 valence electrons. The number of aryl methyl sites for hydroxylation is 1. The Morgan fingerprint density at radius 1 is 1.02 bits per heavy atom. The summed E-state index contributed by atoms with van der Waals surface area (Å²) in [5.74, 6) is -0.831. The summed E-state index contributed by atoms with van der Waals surface area (Å²) in [7, 11) is 0. The van der Waals surface area contributed by atoms with Crippen LogP contribution in [0.2, 0.25) is 0 Å². The maximum absolute atomic E-state index is 14.4. The van der Waals surface area contributed by atoms with Crippen LogP contribution in [0.1, 0.15) is 55.5 Å². The number of rotatable bonds is 6. The van der Waals surface area contributed by atoms with Crippen molar-refractivity contribution < 1.29 is 14.0 Å². The number of para-hydroxylation sites is 2. The van der Waals surface area contributed by atoms with Crippen molar-refractivity contribution in [2.24, 2.45) is 0 Å². The summed E-state index contributed by atoms with van der Waals surface area (Å²) in [6, 6.07) is 25.8. The Labute approximate surface area is 247 Å². The third-order valence-corrected chi connectivity index (χ3v) is 8.73. The smallest absolute Gasteiger partial charge is 0.276 e. The molecule has 0 aliphatic carbocycles. The molecule has 2 amide bonds. The SMILES string of the molecule is Cc1cccc(F)c1NC(=O)c1cc2c(s1)-c1ccccc1N(C(=O)c1cccc(C[C@@H](C)c3ccccn3)n1)CC2. The van der Waals surface area contributed by atoms with Crippen LogP contribution in [-0.2, 0) is 12.8 Å². The number of nitrogens with zero attached hydrogens (tertiary/aromatic N) is 3. The summed E-state index contributed by atoms with van der Waals surface area (Å²) in [4.78, 5) is 39.4. The molecule has 8 heteroatoms. The third kappa shape index (κ3) is 5.45. The minimum Gasteiger partial charge on any atom is -0.319 e. The Balaban J connectivity index is 1.26. The van der Waals surface area contributed by atoms with E-state index in [0.29, 0.717) is 35.5 Å². The van der Waals surface area contributed by atoms with Gasteiger partial charge in [-0.25, -0.2) is 9.37 Å². The molecule has 1 atom stereocenters. The van der Waals surface area contributed by atoms with Crippen molar-refractivity contribution >= 4 is 34.5 Å². The first-order valence-electron chi connectivity index (χ1n) is 13.9. The number of nitrogens with one attached hydrogen (secondary N) is 1. The molecule has 5 aromatic rings. The zero-order valence-electron chi connectivity index (χ0n) is 23.3. The molecule has 4 heterocycles. The quantitative estimate of drug-likeness (QED) is 0.228. The van der Waals surface area contributed by atoms with E-state index in [1.54, 1.807) is 36.2 Å². The van der Waals surface area contributed by atoms with Crippen molar-refractivity contribution in [2.45, 2.75) is 32.6 Å². The molecule has 1 N–H and O–H groups in total. The van der Waals surface area contributed by atoms with Gasteiger partial charge in [-0.15, -0.1) is 11.3 Å². The Kier molecular flexibility index (Phi) is 7.63. The van der Waals surface area contributed by atoms with Gasteiger partial charge in [0.05, 0.1) is 16.3 Å². The molecule has 0 bridgehead atoms. The van der Waals surface area contributed by atoms with Crippen molar-refractivity contribution in [3.8, 4) is 10.4 Å². The van der Waals surface area contributed by atoms with Crippen molar-refractivity contribution in [3.63, 3.8) is 0 Å². The average molecular weight is 577 g/mol. The van der Waals surface area contributed by atoms with E-state index in [1.165, 1.54) is 17.4 Å². The zero-order chi connectivity index (χ0) is 29.2. The number of amides is 2. The second-order valence-electron chi connectivity index (χ2n) is 10.4. The molecular weight excluding hydrogens is 547 g/mol. The first kappa shape index (κ1) is 27.5. The van der Waals surface area contributed by atoms with E-state index in [2.05, 4.69) is 17.2 Å². The average Bonchev–Trinajstić information content (AvgIpc) is 3.37. The number of halogens is 1. The fourth-order valence-electron chi connectivity index (χ4n) is 5.32. The van der Waals surface area contributed by atoms with Gasteiger partial charge in [0.2, 0.25) is 0 Å². The van der Waals surface area contributed by atoms with E-state index in [0.717, 1.165) is 33.1 Å². The Hall–Kier alpha value is -4.69. The summed E-state index contributed by atoms with van der Waals surface area (Å²) >= 11 is 1.35. The van der Waals surface area contributed by atoms with Crippen LogP contribution in [0, 0.1) is 12.7 Å². The lowest BCUT2D eigenvalue weighted by Crippen LogP contribution is -2.33. The summed E-state index contributed by atoms with van der Waals surface area (Å²) in [5.41, 5.74) is 5.68. The minimum absolute atomic E-state index is 0.160. The molecule has 0 radical (unpaired) electrons. The molecular formula is C34H29FN4O2S. The van der Waals surface area contributed by atoms with E-state index in [1.807, 2.05) is 60.7 Å². The highest BCUT2D eigenvalue weighted by molar-refractivity contribution is 7.17. The second-order valence-corrected chi connectivity index (χ2v) is 11.5. The van der Waals surface area contributed by atoms with Gasteiger partial charge in [0.1, 0.15) is 11.5 Å². The maximum Gasteiger partial charge on any atom is 0.276 e. The van der Waals surface area contributed by atoms with Gasteiger partial charge in [-0.05, 0) is 73.4 Å². The van der Waals surface area contributed by atoms with Crippen molar-refractivity contribution in [3.05, 3.63) is 130 Å². The third-order valence-electron chi connectivity index (χ3n) is 7.52. The van der Waals surface area contributed by atoms with Gasteiger partial charge in [-0.1, -0.05) is 49.4 Å². The van der Waals surface area contributed by atoms with E-state index in [9.17, 15) is 14.0 Å². The van der Waals surface area contributed by atoms with Crippen LogP contribution in [-0.4, -0.2) is 28.3 Å². The normalized spacial score (nSPS) is 13.1. The van der Waals surface area contributed by atoms with Gasteiger partial charge in [0, 0.05) is 40.5 Å². The van der Waals surface area contributed by atoms with Crippen LogP contribution in [0.3, 0.4) is 0 Å². The second kappa shape index (κ2) is 11.7. The van der Waals surface area contributed by atoms with Crippen molar-refractivity contribution in [1.29, 1.82) is 0 Å². The number of pyridine rings is 2. The van der Waals surface area contributed by atoms with E-state index >= 15 is 0 Å². The van der Waals surface area contributed by atoms with E-state index < -0.39 is 5.82 Å². The Morgan fingerprint density at radius 2 is 1.83 bits per heavy atom. The van der Waals surface area contributed by atoms with Gasteiger partial charge >= 0.3 is 0 Å². The molecule has 2 aromatic carbocycles.